The second-order valence-corrected chi connectivity index (χ2v) is 8.89. The highest BCUT2D eigenvalue weighted by atomic mass is 32.2. The molecule has 1 amide bonds. The standard InChI is InChI=1S/C19H22N2O5S/c1-11-7-16(12(2)26-11)17(22)10-20-27(24,25)15-8-13-3-4-18(23)21-6-5-14(9-15)19(13)21/h7-9,17,20,22H,3-6,10H2,1-2H3. The lowest BCUT2D eigenvalue weighted by Crippen LogP contribution is -2.33. The van der Waals surface area contributed by atoms with Crippen molar-refractivity contribution in [3.05, 3.63) is 46.4 Å². The van der Waals surface area contributed by atoms with Crippen LogP contribution >= 0.6 is 0 Å². The molecule has 8 heteroatoms. The van der Waals surface area contributed by atoms with E-state index >= 15 is 0 Å². The normalized spacial score (nSPS) is 17.3. The van der Waals surface area contributed by atoms with Crippen LogP contribution in [0.4, 0.5) is 5.69 Å². The van der Waals surface area contributed by atoms with Crippen LogP contribution in [0.5, 0.6) is 0 Å². The summed E-state index contributed by atoms with van der Waals surface area (Å²) in [6.07, 6.45) is 0.629. The van der Waals surface area contributed by atoms with E-state index in [1.165, 1.54) is 0 Å². The summed E-state index contributed by atoms with van der Waals surface area (Å²) in [6, 6.07) is 4.99. The number of aliphatic hydroxyl groups excluding tert-OH is 1. The van der Waals surface area contributed by atoms with E-state index < -0.39 is 16.1 Å². The molecule has 7 nitrogen and oxygen atoms in total. The molecular weight excluding hydrogens is 368 g/mol. The number of aryl methyl sites for hydroxylation is 3. The largest absolute Gasteiger partial charge is 0.466 e. The number of sulfonamides is 1. The van der Waals surface area contributed by atoms with Gasteiger partial charge in [-0.1, -0.05) is 0 Å². The monoisotopic (exact) mass is 390 g/mol. The number of carbonyl (C=O) groups is 1. The van der Waals surface area contributed by atoms with Crippen LogP contribution in [0.15, 0.2) is 27.5 Å². The van der Waals surface area contributed by atoms with Crippen molar-refractivity contribution in [1.29, 1.82) is 0 Å². The first-order valence-corrected chi connectivity index (χ1v) is 10.5. The molecule has 4 rings (SSSR count). The van der Waals surface area contributed by atoms with Crippen LogP contribution in [0.3, 0.4) is 0 Å². The van der Waals surface area contributed by atoms with Gasteiger partial charge in [-0.05, 0) is 56.0 Å². The van der Waals surface area contributed by atoms with Crippen molar-refractivity contribution < 1.29 is 22.7 Å². The Morgan fingerprint density at radius 2 is 1.89 bits per heavy atom. The zero-order chi connectivity index (χ0) is 19.3. The number of aliphatic hydroxyl groups is 1. The van der Waals surface area contributed by atoms with E-state index in [2.05, 4.69) is 4.72 Å². The molecular formula is C19H22N2O5S. The minimum absolute atomic E-state index is 0.101. The van der Waals surface area contributed by atoms with Crippen molar-refractivity contribution in [1.82, 2.24) is 4.72 Å². The van der Waals surface area contributed by atoms with Crippen LogP contribution in [0, 0.1) is 13.8 Å². The first-order valence-electron chi connectivity index (χ1n) is 8.97. The summed E-state index contributed by atoms with van der Waals surface area (Å²) in [6.45, 7) is 3.98. The number of nitrogens with one attached hydrogen (secondary N) is 1. The molecule has 1 atom stereocenters. The highest BCUT2D eigenvalue weighted by molar-refractivity contribution is 7.89. The van der Waals surface area contributed by atoms with Gasteiger partial charge in [-0.3, -0.25) is 4.79 Å². The predicted molar refractivity (Wildman–Crippen MR) is 99.2 cm³/mol. The highest BCUT2D eigenvalue weighted by Gasteiger charge is 2.33. The molecule has 2 aromatic rings. The maximum absolute atomic E-state index is 12.8. The Bertz CT molecular complexity index is 1020. The van der Waals surface area contributed by atoms with Crippen molar-refractivity contribution in [2.45, 2.75) is 44.1 Å². The number of carbonyl (C=O) groups excluding carboxylic acids is 1. The van der Waals surface area contributed by atoms with E-state index in [0.717, 1.165) is 16.8 Å². The van der Waals surface area contributed by atoms with Gasteiger partial charge in [-0.15, -0.1) is 0 Å². The van der Waals surface area contributed by atoms with Gasteiger partial charge >= 0.3 is 0 Å². The van der Waals surface area contributed by atoms with Gasteiger partial charge in [0.2, 0.25) is 15.9 Å². The number of hydrogen-bond acceptors (Lipinski definition) is 5. The van der Waals surface area contributed by atoms with E-state index in [9.17, 15) is 18.3 Å². The maximum atomic E-state index is 12.8. The van der Waals surface area contributed by atoms with Gasteiger partial charge in [0.05, 0.1) is 16.7 Å². The molecule has 0 saturated carbocycles. The average molecular weight is 390 g/mol. The number of amides is 1. The Balaban J connectivity index is 1.56. The molecule has 2 aliphatic rings. The molecule has 2 N–H and O–H groups in total. The summed E-state index contributed by atoms with van der Waals surface area (Å²) in [5, 5.41) is 10.3. The molecule has 0 spiro atoms. The van der Waals surface area contributed by atoms with Crippen LogP contribution in [-0.4, -0.2) is 32.5 Å². The summed E-state index contributed by atoms with van der Waals surface area (Å²) < 4.78 is 33.4. The smallest absolute Gasteiger partial charge is 0.240 e. The summed E-state index contributed by atoms with van der Waals surface area (Å²) >= 11 is 0. The zero-order valence-corrected chi connectivity index (χ0v) is 16.1. The second kappa shape index (κ2) is 6.47. The third-order valence-corrected chi connectivity index (χ3v) is 6.64. The maximum Gasteiger partial charge on any atom is 0.240 e. The van der Waals surface area contributed by atoms with E-state index in [0.29, 0.717) is 42.9 Å². The Morgan fingerprint density at radius 1 is 1.19 bits per heavy atom. The van der Waals surface area contributed by atoms with Gasteiger partial charge in [-0.25, -0.2) is 13.1 Å². The topological polar surface area (TPSA) is 99.9 Å². The first kappa shape index (κ1) is 18.2. The minimum Gasteiger partial charge on any atom is -0.466 e. The van der Waals surface area contributed by atoms with Gasteiger partial charge in [0.25, 0.3) is 0 Å². The van der Waals surface area contributed by atoms with Crippen molar-refractivity contribution in [2.24, 2.45) is 0 Å². The number of furan rings is 1. The molecule has 2 aliphatic heterocycles. The lowest BCUT2D eigenvalue weighted by Gasteiger charge is -2.25. The summed E-state index contributed by atoms with van der Waals surface area (Å²) in [7, 11) is -3.77. The Labute approximate surface area is 158 Å². The van der Waals surface area contributed by atoms with Crippen molar-refractivity contribution >= 4 is 21.6 Å². The van der Waals surface area contributed by atoms with Crippen molar-refractivity contribution in [3.63, 3.8) is 0 Å². The molecule has 144 valence electrons. The average Bonchev–Trinajstić information content (AvgIpc) is 3.20. The fourth-order valence-corrected chi connectivity index (χ4v) is 5.08. The molecule has 0 bridgehead atoms. The van der Waals surface area contributed by atoms with E-state index in [1.54, 1.807) is 36.9 Å². The highest BCUT2D eigenvalue weighted by Crippen LogP contribution is 2.38. The fraction of sp³-hybridized carbons (Fsp3) is 0.421. The predicted octanol–water partition coefficient (Wildman–Crippen LogP) is 1.74. The van der Waals surface area contributed by atoms with Gasteiger partial charge in [0, 0.05) is 25.1 Å². The summed E-state index contributed by atoms with van der Waals surface area (Å²) in [4.78, 5) is 13.9. The van der Waals surface area contributed by atoms with E-state index in [4.69, 9.17) is 4.42 Å². The Morgan fingerprint density at radius 3 is 2.56 bits per heavy atom. The lowest BCUT2D eigenvalue weighted by molar-refractivity contribution is -0.118. The molecule has 0 fully saturated rings. The van der Waals surface area contributed by atoms with Crippen LogP contribution < -0.4 is 9.62 Å². The van der Waals surface area contributed by atoms with Crippen molar-refractivity contribution in [2.75, 3.05) is 18.0 Å². The molecule has 1 unspecified atom stereocenters. The third kappa shape index (κ3) is 3.18. The Kier molecular flexibility index (Phi) is 4.37. The van der Waals surface area contributed by atoms with E-state index in [-0.39, 0.29) is 17.3 Å². The molecule has 1 aromatic carbocycles. The lowest BCUT2D eigenvalue weighted by atomic mass is 10.00. The Hall–Kier alpha value is -2.16. The number of anilines is 1. The molecule has 27 heavy (non-hydrogen) atoms. The van der Waals surface area contributed by atoms with Gasteiger partial charge in [0.1, 0.15) is 11.5 Å². The second-order valence-electron chi connectivity index (χ2n) is 7.12. The quantitative estimate of drug-likeness (QED) is 0.810. The summed E-state index contributed by atoms with van der Waals surface area (Å²) in [5.74, 6) is 1.34. The molecule has 0 aliphatic carbocycles. The zero-order valence-electron chi connectivity index (χ0n) is 15.3. The van der Waals surface area contributed by atoms with Gasteiger partial charge in [-0.2, -0.15) is 0 Å². The van der Waals surface area contributed by atoms with Crippen LogP contribution in [0.1, 0.15) is 40.7 Å². The molecule has 0 saturated heterocycles. The number of rotatable bonds is 5. The van der Waals surface area contributed by atoms with E-state index in [1.807, 2.05) is 0 Å². The third-order valence-electron chi connectivity index (χ3n) is 5.24. The molecule has 1 aromatic heterocycles. The van der Waals surface area contributed by atoms with Crippen LogP contribution in [0.2, 0.25) is 0 Å². The molecule has 3 heterocycles. The number of nitrogens with zero attached hydrogens (tertiary/aromatic N) is 1. The minimum atomic E-state index is -3.77. The van der Waals surface area contributed by atoms with Crippen LogP contribution in [-0.2, 0) is 27.7 Å². The SMILES string of the molecule is Cc1cc(C(O)CNS(=O)(=O)c2cc3c4c(c2)CCN4C(=O)CC3)c(C)o1. The fourth-order valence-electron chi connectivity index (χ4n) is 3.94. The number of benzene rings is 1. The van der Waals surface area contributed by atoms with Gasteiger partial charge < -0.3 is 14.4 Å². The number of hydrogen-bond donors (Lipinski definition) is 2. The first-order chi connectivity index (χ1) is 12.8. The van der Waals surface area contributed by atoms with Crippen LogP contribution in [0.25, 0.3) is 0 Å². The molecule has 0 radical (unpaired) electrons. The summed E-state index contributed by atoms with van der Waals surface area (Å²) in [5.41, 5.74) is 3.25. The van der Waals surface area contributed by atoms with Gasteiger partial charge in [0.15, 0.2) is 0 Å². The van der Waals surface area contributed by atoms with Crippen molar-refractivity contribution in [3.8, 4) is 0 Å².